The molecule has 0 aliphatic carbocycles. The second kappa shape index (κ2) is 9.01. The minimum atomic E-state index is -3.78. The van der Waals surface area contributed by atoms with E-state index in [1.54, 1.807) is 12.1 Å². The summed E-state index contributed by atoms with van der Waals surface area (Å²) in [6.45, 7) is 8.00. The average molecular weight is 391 g/mol. The van der Waals surface area contributed by atoms with Gasteiger partial charge >= 0.3 is 0 Å². The van der Waals surface area contributed by atoms with Crippen LogP contribution in [-0.4, -0.2) is 27.5 Å². The highest BCUT2D eigenvalue weighted by atomic mass is 32.2. The van der Waals surface area contributed by atoms with Crippen LogP contribution in [0.2, 0.25) is 0 Å². The molecule has 6 nitrogen and oxygen atoms in total. The number of rotatable bonds is 8. The van der Waals surface area contributed by atoms with Crippen LogP contribution >= 0.6 is 0 Å². The summed E-state index contributed by atoms with van der Waals surface area (Å²) in [6.07, 6.45) is 0. The molecule has 7 heteroatoms. The van der Waals surface area contributed by atoms with Crippen LogP contribution in [-0.2, 0) is 14.8 Å². The lowest BCUT2D eigenvalue weighted by Gasteiger charge is -2.16. The Morgan fingerprint density at radius 3 is 2.37 bits per heavy atom. The first-order chi connectivity index (χ1) is 12.7. The number of anilines is 1. The predicted octanol–water partition coefficient (Wildman–Crippen LogP) is 3.43. The van der Waals surface area contributed by atoms with Crippen molar-refractivity contribution in [3.8, 4) is 5.75 Å². The van der Waals surface area contributed by atoms with Gasteiger partial charge in [0.1, 0.15) is 5.75 Å². The SMILES string of the molecule is CCOc1ccc(S(=O)(=O)NCC(=O)Nc2c(C)cccc2C(C)C)cc1. The molecule has 0 atom stereocenters. The Morgan fingerprint density at radius 2 is 1.78 bits per heavy atom. The fourth-order valence-corrected chi connectivity index (χ4v) is 3.63. The molecule has 0 spiro atoms. The molecule has 146 valence electrons. The molecule has 0 unspecified atom stereocenters. The number of amides is 1. The monoisotopic (exact) mass is 390 g/mol. The number of carbonyl (C=O) groups is 1. The van der Waals surface area contributed by atoms with Gasteiger partial charge < -0.3 is 10.1 Å². The highest BCUT2D eigenvalue weighted by molar-refractivity contribution is 7.89. The van der Waals surface area contributed by atoms with E-state index < -0.39 is 15.9 Å². The van der Waals surface area contributed by atoms with E-state index in [4.69, 9.17) is 4.74 Å². The number of sulfonamides is 1. The van der Waals surface area contributed by atoms with Gasteiger partial charge in [-0.3, -0.25) is 4.79 Å². The zero-order chi connectivity index (χ0) is 20.0. The first kappa shape index (κ1) is 20.9. The molecular weight excluding hydrogens is 364 g/mol. The van der Waals surface area contributed by atoms with Crippen molar-refractivity contribution >= 4 is 21.6 Å². The van der Waals surface area contributed by atoms with Crippen LogP contribution in [0, 0.1) is 6.92 Å². The number of hydrogen-bond donors (Lipinski definition) is 2. The van der Waals surface area contributed by atoms with Gasteiger partial charge in [-0.15, -0.1) is 0 Å². The lowest BCUT2D eigenvalue weighted by molar-refractivity contribution is -0.115. The van der Waals surface area contributed by atoms with Gasteiger partial charge in [-0.25, -0.2) is 13.1 Å². The quantitative estimate of drug-likeness (QED) is 0.723. The van der Waals surface area contributed by atoms with Crippen molar-refractivity contribution in [3.63, 3.8) is 0 Å². The first-order valence-electron chi connectivity index (χ1n) is 8.86. The van der Waals surface area contributed by atoms with Crippen molar-refractivity contribution in [3.05, 3.63) is 53.6 Å². The number of ether oxygens (including phenoxy) is 1. The molecule has 0 aromatic heterocycles. The van der Waals surface area contributed by atoms with E-state index >= 15 is 0 Å². The molecule has 27 heavy (non-hydrogen) atoms. The van der Waals surface area contributed by atoms with E-state index in [1.165, 1.54) is 12.1 Å². The van der Waals surface area contributed by atoms with Crippen molar-refractivity contribution in [2.75, 3.05) is 18.5 Å². The molecular formula is C20H26N2O4S. The summed E-state index contributed by atoms with van der Waals surface area (Å²) in [6, 6.07) is 11.9. The standard InChI is InChI=1S/C20H26N2O4S/c1-5-26-16-9-11-17(12-10-16)27(24,25)21-13-19(23)22-20-15(4)7-6-8-18(20)14(2)3/h6-12,14,21H,5,13H2,1-4H3,(H,22,23). The molecule has 1 amide bonds. The van der Waals surface area contributed by atoms with Crippen LogP contribution < -0.4 is 14.8 Å². The van der Waals surface area contributed by atoms with Gasteiger partial charge in [0.25, 0.3) is 0 Å². The van der Waals surface area contributed by atoms with E-state index in [1.807, 2.05) is 45.9 Å². The Hall–Kier alpha value is -2.38. The maximum absolute atomic E-state index is 12.4. The zero-order valence-corrected chi connectivity index (χ0v) is 16.9. The first-order valence-corrected chi connectivity index (χ1v) is 10.3. The maximum Gasteiger partial charge on any atom is 0.241 e. The van der Waals surface area contributed by atoms with E-state index in [9.17, 15) is 13.2 Å². The summed E-state index contributed by atoms with van der Waals surface area (Å²) in [5.74, 6) is 0.413. The fraction of sp³-hybridized carbons (Fsp3) is 0.350. The highest BCUT2D eigenvalue weighted by Crippen LogP contribution is 2.27. The lowest BCUT2D eigenvalue weighted by atomic mass is 9.98. The van der Waals surface area contributed by atoms with Gasteiger partial charge in [0, 0.05) is 5.69 Å². The number of nitrogens with one attached hydrogen (secondary N) is 2. The van der Waals surface area contributed by atoms with Crippen molar-refractivity contribution < 1.29 is 17.9 Å². The summed E-state index contributed by atoms with van der Waals surface area (Å²) in [5.41, 5.74) is 2.68. The van der Waals surface area contributed by atoms with Crippen LogP contribution in [0.15, 0.2) is 47.4 Å². The lowest BCUT2D eigenvalue weighted by Crippen LogP contribution is -2.33. The highest BCUT2D eigenvalue weighted by Gasteiger charge is 2.17. The third-order valence-corrected chi connectivity index (χ3v) is 5.48. The van der Waals surface area contributed by atoms with Gasteiger partial charge in [-0.1, -0.05) is 32.0 Å². The molecule has 2 aromatic carbocycles. The molecule has 0 heterocycles. The largest absolute Gasteiger partial charge is 0.494 e. The molecule has 2 N–H and O–H groups in total. The molecule has 0 radical (unpaired) electrons. The smallest absolute Gasteiger partial charge is 0.241 e. The zero-order valence-electron chi connectivity index (χ0n) is 16.1. The molecule has 0 saturated carbocycles. The van der Waals surface area contributed by atoms with Gasteiger partial charge in [0.05, 0.1) is 18.0 Å². The van der Waals surface area contributed by atoms with Gasteiger partial charge in [0.15, 0.2) is 0 Å². The number of para-hydroxylation sites is 1. The van der Waals surface area contributed by atoms with E-state index in [2.05, 4.69) is 10.0 Å². The Bertz CT molecular complexity index is 891. The summed E-state index contributed by atoms with van der Waals surface area (Å²) < 4.78 is 32.4. The molecule has 0 bridgehead atoms. The Kier molecular flexibility index (Phi) is 6.98. The number of aryl methyl sites for hydroxylation is 1. The van der Waals surface area contributed by atoms with Gasteiger partial charge in [-0.2, -0.15) is 0 Å². The molecule has 0 aliphatic rings. The second-order valence-corrected chi connectivity index (χ2v) is 8.24. The van der Waals surface area contributed by atoms with Crippen molar-refractivity contribution in [2.24, 2.45) is 0 Å². The van der Waals surface area contributed by atoms with E-state index in [0.717, 1.165) is 16.8 Å². The minimum Gasteiger partial charge on any atom is -0.494 e. The van der Waals surface area contributed by atoms with E-state index in [-0.39, 0.29) is 17.4 Å². The Labute approximate surface area is 161 Å². The maximum atomic E-state index is 12.4. The van der Waals surface area contributed by atoms with Gasteiger partial charge in [0.2, 0.25) is 15.9 Å². The van der Waals surface area contributed by atoms with Crippen LogP contribution in [0.25, 0.3) is 0 Å². The summed E-state index contributed by atoms with van der Waals surface area (Å²) in [4.78, 5) is 12.4. The van der Waals surface area contributed by atoms with E-state index in [0.29, 0.717) is 12.4 Å². The van der Waals surface area contributed by atoms with Crippen LogP contribution in [0.4, 0.5) is 5.69 Å². The molecule has 0 fully saturated rings. The molecule has 2 aromatic rings. The fourth-order valence-electron chi connectivity index (χ4n) is 2.65. The third kappa shape index (κ3) is 5.55. The minimum absolute atomic E-state index is 0.0810. The normalized spacial score (nSPS) is 11.4. The number of benzene rings is 2. The second-order valence-electron chi connectivity index (χ2n) is 6.47. The van der Waals surface area contributed by atoms with Crippen molar-refractivity contribution in [1.82, 2.24) is 4.72 Å². The molecule has 0 saturated heterocycles. The van der Waals surface area contributed by atoms with Crippen molar-refractivity contribution in [2.45, 2.75) is 38.5 Å². The Morgan fingerprint density at radius 1 is 1.11 bits per heavy atom. The van der Waals surface area contributed by atoms with Crippen LogP contribution in [0.5, 0.6) is 5.75 Å². The van der Waals surface area contributed by atoms with Gasteiger partial charge in [-0.05, 0) is 55.2 Å². The summed E-state index contributed by atoms with van der Waals surface area (Å²) >= 11 is 0. The van der Waals surface area contributed by atoms with Crippen LogP contribution in [0.1, 0.15) is 37.8 Å². The van der Waals surface area contributed by atoms with Crippen LogP contribution in [0.3, 0.4) is 0 Å². The number of carbonyl (C=O) groups excluding carboxylic acids is 1. The van der Waals surface area contributed by atoms with Crippen molar-refractivity contribution in [1.29, 1.82) is 0 Å². The average Bonchev–Trinajstić information content (AvgIpc) is 2.62. The number of hydrogen-bond acceptors (Lipinski definition) is 4. The summed E-state index contributed by atoms with van der Waals surface area (Å²) in [5, 5.41) is 2.82. The molecule has 0 aliphatic heterocycles. The predicted molar refractivity (Wildman–Crippen MR) is 107 cm³/mol. The summed E-state index contributed by atoms with van der Waals surface area (Å²) in [7, 11) is -3.78. The topological polar surface area (TPSA) is 84.5 Å². The molecule has 2 rings (SSSR count). The Balaban J connectivity index is 2.05. The third-order valence-electron chi connectivity index (χ3n) is 4.06.